The van der Waals surface area contributed by atoms with E-state index >= 15 is 0 Å². The topological polar surface area (TPSA) is 93.0 Å². The van der Waals surface area contributed by atoms with Crippen LogP contribution in [0, 0.1) is 0 Å². The van der Waals surface area contributed by atoms with Crippen LogP contribution in [0.25, 0.3) is 10.2 Å². The molecule has 0 atom stereocenters. The largest absolute Gasteiger partial charge is 0.494 e. The van der Waals surface area contributed by atoms with Gasteiger partial charge in [0.15, 0.2) is 5.13 Å². The molecule has 0 aliphatic rings. The van der Waals surface area contributed by atoms with Crippen molar-refractivity contribution >= 4 is 42.6 Å². The van der Waals surface area contributed by atoms with E-state index in [1.165, 1.54) is 23.5 Å². The Morgan fingerprint density at radius 1 is 1.00 bits per heavy atom. The summed E-state index contributed by atoms with van der Waals surface area (Å²) < 4.78 is 40.1. The molecule has 0 spiro atoms. The molecule has 0 aliphatic heterocycles. The minimum absolute atomic E-state index is 0.176. The molecule has 0 saturated carbocycles. The molecule has 4 rings (SSSR count). The molecule has 2 heterocycles. The van der Waals surface area contributed by atoms with Crippen LogP contribution in [0.15, 0.2) is 70.2 Å². The molecule has 10 heteroatoms. The zero-order valence-corrected chi connectivity index (χ0v) is 23.6. The Morgan fingerprint density at radius 2 is 1.71 bits per heavy atom. The third-order valence-corrected chi connectivity index (χ3v) is 9.18. The maximum atomic E-state index is 13.7. The number of benzene rings is 2. The summed E-state index contributed by atoms with van der Waals surface area (Å²) in [5.74, 6) is 0.920. The molecule has 1 amide bonds. The standard InChI is InChI=1S/C28H33N3O5S2/c1-4-6-17-30(18-7-5-2)38(33,34)23-15-13-21(14-16-23)27(32)31(20-22-10-9-19-36-22)28-29-26-24(35-3)11-8-12-25(26)37-28/h8-16,19H,4-7,17-18,20H2,1-3H3. The molecule has 8 nitrogen and oxygen atoms in total. The highest BCUT2D eigenvalue weighted by molar-refractivity contribution is 7.89. The van der Waals surface area contributed by atoms with Crippen molar-refractivity contribution in [1.29, 1.82) is 0 Å². The van der Waals surface area contributed by atoms with Crippen LogP contribution in [0.5, 0.6) is 5.75 Å². The van der Waals surface area contributed by atoms with E-state index < -0.39 is 10.0 Å². The molecular formula is C28H33N3O5S2. The van der Waals surface area contributed by atoms with E-state index in [0.717, 1.165) is 30.4 Å². The summed E-state index contributed by atoms with van der Waals surface area (Å²) in [7, 11) is -2.07. The van der Waals surface area contributed by atoms with Gasteiger partial charge in [-0.2, -0.15) is 4.31 Å². The predicted octanol–water partition coefficient (Wildman–Crippen LogP) is 6.34. The second kappa shape index (κ2) is 12.6. The number of ether oxygens (including phenoxy) is 1. The summed E-state index contributed by atoms with van der Waals surface area (Å²) in [6.07, 6.45) is 4.98. The number of thiazole rings is 1. The number of anilines is 1. The van der Waals surface area contributed by atoms with Gasteiger partial charge in [-0.3, -0.25) is 9.69 Å². The number of amides is 1. The summed E-state index contributed by atoms with van der Waals surface area (Å²) in [4.78, 5) is 20.2. The number of methoxy groups -OCH3 is 1. The minimum Gasteiger partial charge on any atom is -0.494 e. The van der Waals surface area contributed by atoms with Gasteiger partial charge in [0.2, 0.25) is 10.0 Å². The Bertz CT molecular complexity index is 1440. The van der Waals surface area contributed by atoms with Crippen molar-refractivity contribution in [3.8, 4) is 5.75 Å². The van der Waals surface area contributed by atoms with Crippen molar-refractivity contribution < 1.29 is 22.4 Å². The lowest BCUT2D eigenvalue weighted by atomic mass is 10.2. The van der Waals surface area contributed by atoms with Gasteiger partial charge in [-0.25, -0.2) is 13.4 Å². The first-order valence-electron chi connectivity index (χ1n) is 12.8. The highest BCUT2D eigenvalue weighted by Crippen LogP contribution is 2.35. The van der Waals surface area contributed by atoms with Gasteiger partial charge in [0, 0.05) is 18.7 Å². The Hall–Kier alpha value is -3.21. The van der Waals surface area contributed by atoms with Gasteiger partial charge >= 0.3 is 0 Å². The van der Waals surface area contributed by atoms with Gasteiger partial charge in [0.1, 0.15) is 17.0 Å². The Balaban J connectivity index is 1.65. The third kappa shape index (κ3) is 6.09. The molecule has 0 unspecified atom stereocenters. The zero-order chi connectivity index (χ0) is 27.1. The summed E-state index contributed by atoms with van der Waals surface area (Å²) in [6, 6.07) is 15.4. The van der Waals surface area contributed by atoms with Crippen molar-refractivity contribution in [3.05, 3.63) is 72.2 Å². The highest BCUT2D eigenvalue weighted by atomic mass is 32.2. The summed E-state index contributed by atoms with van der Waals surface area (Å²) in [5.41, 5.74) is 1.03. The first-order valence-corrected chi connectivity index (χ1v) is 15.0. The van der Waals surface area contributed by atoms with E-state index in [9.17, 15) is 13.2 Å². The monoisotopic (exact) mass is 555 g/mol. The van der Waals surface area contributed by atoms with Crippen molar-refractivity contribution in [2.45, 2.75) is 51.0 Å². The van der Waals surface area contributed by atoms with E-state index in [0.29, 0.717) is 40.8 Å². The van der Waals surface area contributed by atoms with Crippen LogP contribution in [0.1, 0.15) is 55.6 Å². The number of hydrogen-bond donors (Lipinski definition) is 0. The van der Waals surface area contributed by atoms with Crippen LogP contribution in [0.4, 0.5) is 5.13 Å². The number of fused-ring (bicyclic) bond motifs is 1. The SMILES string of the molecule is CCCCN(CCCC)S(=O)(=O)c1ccc(C(=O)N(Cc2ccco2)c2nc3c(OC)cccc3s2)cc1. The van der Waals surface area contributed by atoms with Crippen LogP contribution in [0.2, 0.25) is 0 Å². The molecule has 0 aliphatic carbocycles. The van der Waals surface area contributed by atoms with Crippen LogP contribution >= 0.6 is 11.3 Å². The normalized spacial score (nSPS) is 11.8. The van der Waals surface area contributed by atoms with E-state index in [4.69, 9.17) is 14.1 Å². The number of rotatable bonds is 13. The zero-order valence-electron chi connectivity index (χ0n) is 21.9. The lowest BCUT2D eigenvalue weighted by molar-refractivity contribution is 0.0983. The van der Waals surface area contributed by atoms with Gasteiger partial charge < -0.3 is 9.15 Å². The van der Waals surface area contributed by atoms with Crippen LogP contribution < -0.4 is 9.64 Å². The lowest BCUT2D eigenvalue weighted by Gasteiger charge is -2.22. The summed E-state index contributed by atoms with van der Waals surface area (Å²) in [5, 5.41) is 0.493. The van der Waals surface area contributed by atoms with E-state index in [2.05, 4.69) is 0 Å². The first-order chi connectivity index (χ1) is 18.4. The predicted molar refractivity (Wildman–Crippen MR) is 150 cm³/mol. The number of unbranched alkanes of at least 4 members (excludes halogenated alkanes) is 2. The van der Waals surface area contributed by atoms with Gasteiger partial charge in [-0.15, -0.1) is 0 Å². The second-order valence-corrected chi connectivity index (χ2v) is 11.9. The number of aromatic nitrogens is 1. The molecule has 0 saturated heterocycles. The van der Waals surface area contributed by atoms with E-state index in [1.54, 1.807) is 46.8 Å². The Kier molecular flexibility index (Phi) is 9.19. The quantitative estimate of drug-likeness (QED) is 0.191. The number of hydrogen-bond acceptors (Lipinski definition) is 7. The van der Waals surface area contributed by atoms with Crippen LogP contribution in [-0.4, -0.2) is 43.8 Å². The lowest BCUT2D eigenvalue weighted by Crippen LogP contribution is -2.33. The van der Waals surface area contributed by atoms with Gasteiger partial charge in [-0.05, 0) is 61.4 Å². The first kappa shape index (κ1) is 27.8. The maximum Gasteiger partial charge on any atom is 0.260 e. The number of nitrogens with zero attached hydrogens (tertiary/aromatic N) is 3. The van der Waals surface area contributed by atoms with E-state index in [1.807, 2.05) is 32.0 Å². The molecule has 0 N–H and O–H groups in total. The smallest absolute Gasteiger partial charge is 0.260 e. The maximum absolute atomic E-state index is 13.7. The van der Waals surface area contributed by atoms with Gasteiger partial charge in [0.25, 0.3) is 5.91 Å². The summed E-state index contributed by atoms with van der Waals surface area (Å²) >= 11 is 1.38. The fourth-order valence-corrected chi connectivity index (χ4v) is 6.57. The van der Waals surface area contributed by atoms with Gasteiger partial charge in [-0.1, -0.05) is 44.1 Å². The van der Waals surface area contributed by atoms with Gasteiger partial charge in [0.05, 0.1) is 29.5 Å². The van der Waals surface area contributed by atoms with Crippen molar-refractivity contribution in [3.63, 3.8) is 0 Å². The van der Waals surface area contributed by atoms with Crippen molar-refractivity contribution in [2.75, 3.05) is 25.1 Å². The Morgan fingerprint density at radius 3 is 2.32 bits per heavy atom. The molecule has 2 aromatic heterocycles. The van der Waals surface area contributed by atoms with Crippen LogP contribution in [0.3, 0.4) is 0 Å². The number of para-hydroxylation sites is 1. The molecule has 4 aromatic rings. The number of carbonyl (C=O) groups excluding carboxylic acids is 1. The number of sulfonamides is 1. The highest BCUT2D eigenvalue weighted by Gasteiger charge is 2.26. The molecular weight excluding hydrogens is 522 g/mol. The number of carbonyl (C=O) groups is 1. The third-order valence-electron chi connectivity index (χ3n) is 6.22. The Labute approximate surface area is 227 Å². The minimum atomic E-state index is -3.66. The molecule has 0 radical (unpaired) electrons. The van der Waals surface area contributed by atoms with Crippen molar-refractivity contribution in [2.24, 2.45) is 0 Å². The molecule has 0 bridgehead atoms. The summed E-state index contributed by atoms with van der Waals surface area (Å²) in [6.45, 7) is 5.23. The van der Waals surface area contributed by atoms with Crippen molar-refractivity contribution in [1.82, 2.24) is 9.29 Å². The van der Waals surface area contributed by atoms with E-state index in [-0.39, 0.29) is 17.3 Å². The molecule has 202 valence electrons. The number of furan rings is 1. The molecule has 38 heavy (non-hydrogen) atoms. The fourth-order valence-electron chi connectivity index (χ4n) is 4.07. The average molecular weight is 556 g/mol. The molecule has 0 fully saturated rings. The average Bonchev–Trinajstić information content (AvgIpc) is 3.61. The second-order valence-electron chi connectivity index (χ2n) is 8.91. The fraction of sp³-hybridized carbons (Fsp3) is 0.357. The molecule has 2 aromatic carbocycles. The van der Waals surface area contributed by atoms with Crippen LogP contribution in [-0.2, 0) is 16.6 Å².